The SMILES string of the molecule is Cc1ccc(S(=O)(=O)NNC(=O)c2cccs2)cc1. The van der Waals surface area contributed by atoms with E-state index in [1.807, 2.05) is 6.92 Å². The molecule has 2 rings (SSSR count). The number of hydrogen-bond acceptors (Lipinski definition) is 4. The van der Waals surface area contributed by atoms with Gasteiger partial charge in [0, 0.05) is 0 Å². The molecule has 0 atom stereocenters. The molecule has 100 valence electrons. The third-order valence-electron chi connectivity index (χ3n) is 2.38. The van der Waals surface area contributed by atoms with Crippen LogP contribution in [0, 0.1) is 6.92 Å². The molecule has 1 amide bonds. The van der Waals surface area contributed by atoms with E-state index in [4.69, 9.17) is 0 Å². The van der Waals surface area contributed by atoms with Crippen molar-refractivity contribution < 1.29 is 13.2 Å². The summed E-state index contributed by atoms with van der Waals surface area (Å²) in [5, 5.41) is 1.74. The van der Waals surface area contributed by atoms with Crippen LogP contribution in [-0.2, 0) is 10.0 Å². The number of carbonyl (C=O) groups is 1. The molecule has 0 saturated heterocycles. The monoisotopic (exact) mass is 296 g/mol. The average Bonchev–Trinajstić information content (AvgIpc) is 2.90. The van der Waals surface area contributed by atoms with Gasteiger partial charge in [0.2, 0.25) is 0 Å². The molecule has 0 bridgehead atoms. The molecular weight excluding hydrogens is 284 g/mol. The van der Waals surface area contributed by atoms with Gasteiger partial charge in [-0.05, 0) is 30.5 Å². The van der Waals surface area contributed by atoms with Gasteiger partial charge in [0.1, 0.15) is 0 Å². The Morgan fingerprint density at radius 2 is 1.84 bits per heavy atom. The maximum atomic E-state index is 11.9. The van der Waals surface area contributed by atoms with Crippen LogP contribution in [0.1, 0.15) is 15.2 Å². The van der Waals surface area contributed by atoms with E-state index in [9.17, 15) is 13.2 Å². The highest BCUT2D eigenvalue weighted by molar-refractivity contribution is 7.89. The van der Waals surface area contributed by atoms with E-state index in [-0.39, 0.29) is 4.90 Å². The van der Waals surface area contributed by atoms with Gasteiger partial charge in [0.15, 0.2) is 0 Å². The van der Waals surface area contributed by atoms with Crippen molar-refractivity contribution >= 4 is 27.3 Å². The molecule has 0 saturated carbocycles. The van der Waals surface area contributed by atoms with Crippen LogP contribution in [0.5, 0.6) is 0 Å². The molecule has 0 fully saturated rings. The summed E-state index contributed by atoms with van der Waals surface area (Å²) < 4.78 is 23.8. The number of carbonyl (C=O) groups excluding carboxylic acids is 1. The highest BCUT2D eigenvalue weighted by atomic mass is 32.2. The van der Waals surface area contributed by atoms with Crippen LogP contribution in [0.15, 0.2) is 46.7 Å². The van der Waals surface area contributed by atoms with Crippen molar-refractivity contribution in [3.8, 4) is 0 Å². The Kier molecular flexibility index (Phi) is 3.98. The number of hydrogen-bond donors (Lipinski definition) is 2. The lowest BCUT2D eigenvalue weighted by atomic mass is 10.2. The van der Waals surface area contributed by atoms with Crippen LogP contribution < -0.4 is 10.3 Å². The van der Waals surface area contributed by atoms with Crippen molar-refractivity contribution in [2.75, 3.05) is 0 Å². The van der Waals surface area contributed by atoms with E-state index in [1.54, 1.807) is 29.6 Å². The molecule has 0 aliphatic rings. The summed E-state index contributed by atoms with van der Waals surface area (Å²) in [5.41, 5.74) is 3.13. The summed E-state index contributed by atoms with van der Waals surface area (Å²) in [6.45, 7) is 1.86. The Morgan fingerprint density at radius 1 is 1.16 bits per heavy atom. The summed E-state index contributed by atoms with van der Waals surface area (Å²) in [6, 6.07) is 9.67. The third kappa shape index (κ3) is 3.40. The number of nitrogens with one attached hydrogen (secondary N) is 2. The summed E-state index contributed by atoms with van der Waals surface area (Å²) >= 11 is 1.23. The van der Waals surface area contributed by atoms with Gasteiger partial charge in [0.05, 0.1) is 9.77 Å². The minimum atomic E-state index is -3.74. The van der Waals surface area contributed by atoms with Gasteiger partial charge in [-0.25, -0.2) is 8.42 Å². The Labute approximate surface area is 115 Å². The molecule has 1 aromatic heterocycles. The Balaban J connectivity index is 2.06. The van der Waals surface area contributed by atoms with Crippen molar-refractivity contribution in [3.05, 3.63) is 52.2 Å². The molecule has 2 N–H and O–H groups in total. The predicted octanol–water partition coefficient (Wildman–Crippen LogP) is 1.68. The first-order valence-electron chi connectivity index (χ1n) is 5.41. The number of amides is 1. The van der Waals surface area contributed by atoms with E-state index in [0.717, 1.165) is 5.56 Å². The van der Waals surface area contributed by atoms with Gasteiger partial charge in [-0.1, -0.05) is 23.8 Å². The number of hydrazine groups is 1. The molecule has 0 unspecified atom stereocenters. The number of thiophene rings is 1. The third-order valence-corrected chi connectivity index (χ3v) is 4.51. The number of rotatable bonds is 4. The summed E-state index contributed by atoms with van der Waals surface area (Å²) in [5.74, 6) is -0.481. The topological polar surface area (TPSA) is 75.3 Å². The van der Waals surface area contributed by atoms with Crippen molar-refractivity contribution in [1.82, 2.24) is 10.3 Å². The molecule has 5 nitrogen and oxygen atoms in total. The Bertz CT molecular complexity index is 662. The van der Waals surface area contributed by atoms with Gasteiger partial charge in [-0.15, -0.1) is 16.2 Å². The predicted molar refractivity (Wildman–Crippen MR) is 73.3 cm³/mol. The molecule has 2 aromatic rings. The molecule has 0 aliphatic heterocycles. The Morgan fingerprint density at radius 3 is 2.42 bits per heavy atom. The molecule has 7 heteroatoms. The maximum Gasteiger partial charge on any atom is 0.276 e. The average molecular weight is 296 g/mol. The summed E-state index contributed by atoms with van der Waals surface area (Å²) in [7, 11) is -3.74. The van der Waals surface area contributed by atoms with Crippen molar-refractivity contribution in [3.63, 3.8) is 0 Å². The van der Waals surface area contributed by atoms with Crippen LogP contribution in [0.3, 0.4) is 0 Å². The first-order valence-corrected chi connectivity index (χ1v) is 7.78. The molecular formula is C12H12N2O3S2. The zero-order valence-electron chi connectivity index (χ0n) is 10.1. The maximum absolute atomic E-state index is 11.9. The second kappa shape index (κ2) is 5.52. The standard InChI is InChI=1S/C12H12N2O3S2/c1-9-4-6-10(7-5-9)19(16,17)14-13-12(15)11-3-2-8-18-11/h2-8,14H,1H3,(H,13,15). The number of aryl methyl sites for hydroxylation is 1. The van der Waals surface area contributed by atoms with E-state index < -0.39 is 15.9 Å². The van der Waals surface area contributed by atoms with E-state index in [0.29, 0.717) is 4.88 Å². The lowest BCUT2D eigenvalue weighted by Crippen LogP contribution is -2.41. The quantitative estimate of drug-likeness (QED) is 0.843. The van der Waals surface area contributed by atoms with E-state index in [2.05, 4.69) is 10.3 Å². The first-order chi connectivity index (χ1) is 8.99. The summed E-state index contributed by atoms with van der Waals surface area (Å²) in [4.78, 5) is 14.2. The zero-order chi connectivity index (χ0) is 13.9. The van der Waals surface area contributed by atoms with E-state index >= 15 is 0 Å². The van der Waals surface area contributed by atoms with Gasteiger partial charge in [-0.3, -0.25) is 10.2 Å². The van der Waals surface area contributed by atoms with Crippen LogP contribution in [0.25, 0.3) is 0 Å². The van der Waals surface area contributed by atoms with Crippen LogP contribution in [0.4, 0.5) is 0 Å². The number of sulfonamides is 1. The van der Waals surface area contributed by atoms with Gasteiger partial charge < -0.3 is 0 Å². The Hall–Kier alpha value is -1.70. The number of benzene rings is 1. The van der Waals surface area contributed by atoms with Crippen molar-refractivity contribution in [2.45, 2.75) is 11.8 Å². The first kappa shape index (κ1) is 13.7. The fourth-order valence-electron chi connectivity index (χ4n) is 1.36. The zero-order valence-corrected chi connectivity index (χ0v) is 11.7. The van der Waals surface area contributed by atoms with Gasteiger partial charge >= 0.3 is 0 Å². The fraction of sp³-hybridized carbons (Fsp3) is 0.0833. The van der Waals surface area contributed by atoms with Gasteiger partial charge in [-0.2, -0.15) is 0 Å². The fourth-order valence-corrected chi connectivity index (χ4v) is 2.82. The van der Waals surface area contributed by atoms with Crippen LogP contribution in [0.2, 0.25) is 0 Å². The minimum absolute atomic E-state index is 0.101. The normalized spacial score (nSPS) is 11.2. The lowest BCUT2D eigenvalue weighted by molar-refractivity contribution is 0.0949. The highest BCUT2D eigenvalue weighted by Gasteiger charge is 2.15. The largest absolute Gasteiger partial charge is 0.276 e. The smallest absolute Gasteiger partial charge is 0.273 e. The molecule has 0 aliphatic carbocycles. The minimum Gasteiger partial charge on any atom is -0.273 e. The second-order valence-electron chi connectivity index (χ2n) is 3.85. The molecule has 19 heavy (non-hydrogen) atoms. The second-order valence-corrected chi connectivity index (χ2v) is 6.48. The van der Waals surface area contributed by atoms with Crippen LogP contribution in [-0.4, -0.2) is 14.3 Å². The molecule has 0 radical (unpaired) electrons. The van der Waals surface area contributed by atoms with Crippen LogP contribution >= 0.6 is 11.3 Å². The lowest BCUT2D eigenvalue weighted by Gasteiger charge is -2.07. The van der Waals surface area contributed by atoms with Crippen molar-refractivity contribution in [2.24, 2.45) is 0 Å². The molecule has 1 heterocycles. The summed E-state index contributed by atoms with van der Waals surface area (Å²) in [6.07, 6.45) is 0. The van der Waals surface area contributed by atoms with E-state index in [1.165, 1.54) is 23.5 Å². The van der Waals surface area contributed by atoms with Crippen molar-refractivity contribution in [1.29, 1.82) is 0 Å². The van der Waals surface area contributed by atoms with Gasteiger partial charge in [0.25, 0.3) is 15.9 Å². The highest BCUT2D eigenvalue weighted by Crippen LogP contribution is 2.10. The molecule has 0 spiro atoms. The molecule has 1 aromatic carbocycles.